The van der Waals surface area contributed by atoms with Crippen LogP contribution in [0.3, 0.4) is 0 Å². The molecule has 76 valence electrons. The molecule has 0 aromatic heterocycles. The Bertz CT molecular complexity index is 173. The molecule has 0 aromatic rings. The van der Waals surface area contributed by atoms with Crippen molar-refractivity contribution in [1.29, 1.82) is 0 Å². The van der Waals surface area contributed by atoms with Crippen LogP contribution in [0.2, 0.25) is 0 Å². The minimum atomic E-state index is -0.0600. The molecule has 0 aliphatic rings. The molecule has 0 bridgehead atoms. The number of hydrogen-bond acceptors (Lipinski definition) is 3. The van der Waals surface area contributed by atoms with Gasteiger partial charge in [-0.1, -0.05) is 15.9 Å². The zero-order valence-electron chi connectivity index (χ0n) is 7.64. The van der Waals surface area contributed by atoms with Crippen molar-refractivity contribution in [3.63, 3.8) is 0 Å². The van der Waals surface area contributed by atoms with E-state index in [1.54, 1.807) is 0 Å². The molecule has 0 radical (unpaired) electrons. The van der Waals surface area contributed by atoms with E-state index in [2.05, 4.69) is 21.2 Å². The molecule has 0 atom stereocenters. The van der Waals surface area contributed by atoms with E-state index < -0.39 is 0 Å². The van der Waals surface area contributed by atoms with Gasteiger partial charge in [0.25, 0.3) is 0 Å². The fraction of sp³-hybridized carbons (Fsp3) is 0.750. The summed E-state index contributed by atoms with van der Waals surface area (Å²) in [6.45, 7) is 2.89. The fourth-order valence-electron chi connectivity index (χ4n) is 0.628. The third-order valence-corrected chi connectivity index (χ3v) is 1.80. The predicted octanol–water partition coefficient (Wildman–Crippen LogP) is 0.493. The van der Waals surface area contributed by atoms with Gasteiger partial charge in [0.15, 0.2) is 0 Å². The maximum atomic E-state index is 10.7. The zero-order valence-corrected chi connectivity index (χ0v) is 9.22. The van der Waals surface area contributed by atoms with Crippen LogP contribution in [0.4, 0.5) is 0 Å². The first-order valence-electron chi connectivity index (χ1n) is 4.06. The van der Waals surface area contributed by atoms with Crippen LogP contribution in [0.15, 0.2) is 0 Å². The van der Waals surface area contributed by atoms with Crippen LogP contribution in [0.5, 0.6) is 0 Å². The molecule has 0 aliphatic heterocycles. The first-order chi connectivity index (χ1) is 6.16. The maximum Gasteiger partial charge on any atom is 0.230 e. The van der Waals surface area contributed by atoms with E-state index >= 15 is 0 Å². The van der Waals surface area contributed by atoms with E-state index in [1.807, 2.05) is 0 Å². The Morgan fingerprint density at radius 1 is 1.38 bits per heavy atom. The maximum absolute atomic E-state index is 10.7. The number of ether oxygens (including phenoxy) is 1. The highest BCUT2D eigenvalue weighted by Crippen LogP contribution is 1.84. The second-order valence-electron chi connectivity index (χ2n) is 2.55. The molecule has 0 saturated heterocycles. The quantitative estimate of drug-likeness (QED) is 0.530. The van der Waals surface area contributed by atoms with E-state index in [9.17, 15) is 9.59 Å². The molecule has 13 heavy (non-hydrogen) atoms. The Balaban J connectivity index is 3.08. The normalized spacial score (nSPS) is 9.69. The summed E-state index contributed by atoms with van der Waals surface area (Å²) in [4.78, 5) is 21.2. The molecule has 1 N–H and O–H groups in total. The van der Waals surface area contributed by atoms with Gasteiger partial charge in [0.2, 0.25) is 5.91 Å². The largest absolute Gasteiger partial charge is 0.379 e. The van der Waals surface area contributed by atoms with Crippen LogP contribution in [-0.4, -0.2) is 36.8 Å². The lowest BCUT2D eigenvalue weighted by molar-refractivity contribution is -0.120. The van der Waals surface area contributed by atoms with Gasteiger partial charge in [-0.25, -0.2) is 0 Å². The molecule has 0 saturated carbocycles. The number of Topliss-reactive ketones (excluding diaryl/α,β-unsaturated/α-hetero) is 1. The van der Waals surface area contributed by atoms with Gasteiger partial charge in [-0.05, 0) is 6.92 Å². The second kappa shape index (κ2) is 8.19. The van der Waals surface area contributed by atoms with Gasteiger partial charge in [-0.3, -0.25) is 9.59 Å². The Labute approximate surface area is 86.1 Å². The molecule has 0 heterocycles. The predicted molar refractivity (Wildman–Crippen MR) is 52.9 cm³/mol. The van der Waals surface area contributed by atoms with Crippen molar-refractivity contribution < 1.29 is 14.3 Å². The average Bonchev–Trinajstić information content (AvgIpc) is 2.10. The van der Waals surface area contributed by atoms with Crippen molar-refractivity contribution >= 4 is 27.6 Å². The highest BCUT2D eigenvalue weighted by Gasteiger charge is 1.96. The molecule has 5 heteroatoms. The number of ketones is 1. The highest BCUT2D eigenvalue weighted by molar-refractivity contribution is 9.09. The van der Waals surface area contributed by atoms with Gasteiger partial charge in [0.05, 0.1) is 18.5 Å². The zero-order chi connectivity index (χ0) is 10.1. The Hall–Kier alpha value is -0.420. The monoisotopic (exact) mass is 251 g/mol. The van der Waals surface area contributed by atoms with E-state index in [4.69, 9.17) is 4.74 Å². The smallest absolute Gasteiger partial charge is 0.230 e. The molecule has 0 unspecified atom stereocenters. The summed E-state index contributed by atoms with van der Waals surface area (Å²) in [6.07, 6.45) is 0.437. The standard InChI is InChI=1S/C8H14BrNO3/c1-7(11)2-4-13-5-3-10-8(12)6-9/h2-6H2,1H3,(H,10,12). The van der Waals surface area contributed by atoms with Crippen molar-refractivity contribution in [2.45, 2.75) is 13.3 Å². The van der Waals surface area contributed by atoms with Crippen molar-refractivity contribution in [1.82, 2.24) is 5.32 Å². The van der Waals surface area contributed by atoms with Crippen molar-refractivity contribution in [2.24, 2.45) is 0 Å². The molecule has 4 nitrogen and oxygen atoms in total. The minimum Gasteiger partial charge on any atom is -0.379 e. The number of nitrogens with one attached hydrogen (secondary N) is 1. The third-order valence-electron chi connectivity index (χ3n) is 1.29. The van der Waals surface area contributed by atoms with Crippen molar-refractivity contribution in [3.05, 3.63) is 0 Å². The minimum absolute atomic E-state index is 0.0600. The van der Waals surface area contributed by atoms with Gasteiger partial charge in [0, 0.05) is 13.0 Å². The van der Waals surface area contributed by atoms with Crippen LogP contribution < -0.4 is 5.32 Å². The Morgan fingerprint density at radius 2 is 2.08 bits per heavy atom. The first kappa shape index (κ1) is 12.6. The summed E-state index contributed by atoms with van der Waals surface area (Å²) in [5, 5.41) is 2.93. The third kappa shape index (κ3) is 9.49. The number of alkyl halides is 1. The Kier molecular flexibility index (Phi) is 7.93. The van der Waals surface area contributed by atoms with Crippen molar-refractivity contribution in [3.8, 4) is 0 Å². The van der Waals surface area contributed by atoms with Crippen LogP contribution >= 0.6 is 15.9 Å². The van der Waals surface area contributed by atoms with E-state index in [1.165, 1.54) is 6.92 Å². The number of carbonyl (C=O) groups excluding carboxylic acids is 2. The van der Waals surface area contributed by atoms with Crippen LogP contribution in [0, 0.1) is 0 Å². The average molecular weight is 252 g/mol. The number of rotatable bonds is 7. The topological polar surface area (TPSA) is 55.4 Å². The molecular formula is C8H14BrNO3. The summed E-state index contributed by atoms with van der Waals surface area (Å²) in [5.41, 5.74) is 0. The van der Waals surface area contributed by atoms with E-state index in [0.717, 1.165) is 0 Å². The number of amides is 1. The first-order valence-corrected chi connectivity index (χ1v) is 5.18. The fourth-order valence-corrected chi connectivity index (χ4v) is 0.826. The van der Waals surface area contributed by atoms with Gasteiger partial charge >= 0.3 is 0 Å². The van der Waals surface area contributed by atoms with Crippen LogP contribution in [0.1, 0.15) is 13.3 Å². The summed E-state index contributed by atoms with van der Waals surface area (Å²) in [7, 11) is 0. The number of halogens is 1. The van der Waals surface area contributed by atoms with E-state index in [-0.39, 0.29) is 11.7 Å². The summed E-state index contributed by atoms with van der Waals surface area (Å²) in [6, 6.07) is 0. The summed E-state index contributed by atoms with van der Waals surface area (Å²) < 4.78 is 5.09. The van der Waals surface area contributed by atoms with Gasteiger partial charge < -0.3 is 10.1 Å². The Morgan fingerprint density at radius 3 is 2.62 bits per heavy atom. The van der Waals surface area contributed by atoms with Gasteiger partial charge in [-0.15, -0.1) is 0 Å². The second-order valence-corrected chi connectivity index (χ2v) is 3.11. The number of carbonyl (C=O) groups is 2. The lowest BCUT2D eigenvalue weighted by Crippen LogP contribution is -2.28. The van der Waals surface area contributed by atoms with Gasteiger partial charge in [-0.2, -0.15) is 0 Å². The number of hydrogen-bond donors (Lipinski definition) is 1. The molecule has 0 fully saturated rings. The lowest BCUT2D eigenvalue weighted by Gasteiger charge is -2.03. The molecule has 1 amide bonds. The van der Waals surface area contributed by atoms with Crippen LogP contribution in [0.25, 0.3) is 0 Å². The van der Waals surface area contributed by atoms with Crippen molar-refractivity contribution in [2.75, 3.05) is 25.1 Å². The molecule has 0 aliphatic carbocycles. The highest BCUT2D eigenvalue weighted by atomic mass is 79.9. The van der Waals surface area contributed by atoms with E-state index in [0.29, 0.717) is 31.5 Å². The molecule has 0 aromatic carbocycles. The molecule has 0 rings (SSSR count). The summed E-state index contributed by atoms with van der Waals surface area (Å²) >= 11 is 3.02. The van der Waals surface area contributed by atoms with Crippen LogP contribution in [-0.2, 0) is 14.3 Å². The SMILES string of the molecule is CC(=O)CCOCCNC(=O)CBr. The van der Waals surface area contributed by atoms with Gasteiger partial charge in [0.1, 0.15) is 5.78 Å². The molecule has 0 spiro atoms. The lowest BCUT2D eigenvalue weighted by atomic mass is 10.3. The summed E-state index contributed by atoms with van der Waals surface area (Å²) in [5.74, 6) is 0.0552. The molecular weight excluding hydrogens is 238 g/mol.